The summed E-state index contributed by atoms with van der Waals surface area (Å²) < 4.78 is 0. The molecule has 0 bridgehead atoms. The number of carbonyl (C=O) groups excluding carboxylic acids is 3. The van der Waals surface area contributed by atoms with Gasteiger partial charge in [-0.25, -0.2) is 0 Å². The largest absolute Gasteiger partial charge is 0.358 e. The quantitative estimate of drug-likeness (QED) is 0.221. The van der Waals surface area contributed by atoms with E-state index in [1.807, 2.05) is 90.0 Å². The SMILES string of the molecule is CC(C)Cc1ccc(C(=O)[C@H]2[C@H](C(=O)c3ccc(Cl)cc3Cl)N3C=Cc4ccccc4[C@@H]3[C@]23C(=O)Nc2ccccc23)cc1. The van der Waals surface area contributed by atoms with Gasteiger partial charge in [0.2, 0.25) is 5.91 Å². The molecule has 7 rings (SSSR count). The smallest absolute Gasteiger partial charge is 0.238 e. The molecule has 1 amide bonds. The second-order valence-corrected chi connectivity index (χ2v) is 13.1. The number of hydrogen-bond acceptors (Lipinski definition) is 4. The van der Waals surface area contributed by atoms with Crippen molar-refractivity contribution in [1.82, 2.24) is 4.90 Å². The molecule has 4 aromatic carbocycles. The predicted molar refractivity (Wildman–Crippen MR) is 174 cm³/mol. The minimum atomic E-state index is -1.40. The molecule has 0 radical (unpaired) electrons. The van der Waals surface area contributed by atoms with Crippen LogP contribution in [0.25, 0.3) is 6.08 Å². The van der Waals surface area contributed by atoms with Gasteiger partial charge in [0.25, 0.3) is 0 Å². The number of fused-ring (bicyclic) bond motifs is 6. The lowest BCUT2D eigenvalue weighted by molar-refractivity contribution is -0.122. The van der Waals surface area contributed by atoms with Gasteiger partial charge in [0.15, 0.2) is 11.6 Å². The molecule has 1 saturated heterocycles. The summed E-state index contributed by atoms with van der Waals surface area (Å²) in [5.74, 6) is -1.52. The number of hydrogen-bond donors (Lipinski definition) is 1. The molecule has 5 nitrogen and oxygen atoms in total. The van der Waals surface area contributed by atoms with E-state index in [1.54, 1.807) is 12.1 Å². The van der Waals surface area contributed by atoms with Crippen LogP contribution in [0.4, 0.5) is 5.69 Å². The summed E-state index contributed by atoms with van der Waals surface area (Å²) in [5.41, 5.74) is 3.60. The van der Waals surface area contributed by atoms with Crippen molar-refractivity contribution in [3.63, 3.8) is 0 Å². The molecule has 1 spiro atoms. The number of nitrogens with zero attached hydrogens (tertiary/aromatic N) is 1. The third kappa shape index (κ3) is 4.25. The summed E-state index contributed by atoms with van der Waals surface area (Å²) in [6.07, 6.45) is 4.68. The van der Waals surface area contributed by atoms with Crippen LogP contribution >= 0.6 is 23.2 Å². The van der Waals surface area contributed by atoms with E-state index < -0.39 is 23.4 Å². The molecule has 0 unspecified atom stereocenters. The number of halogens is 2. The van der Waals surface area contributed by atoms with E-state index >= 15 is 4.79 Å². The van der Waals surface area contributed by atoms with Gasteiger partial charge in [0, 0.05) is 28.0 Å². The summed E-state index contributed by atoms with van der Waals surface area (Å²) in [6, 6.07) is 26.0. The number of ketones is 2. The van der Waals surface area contributed by atoms with Crippen LogP contribution in [0.2, 0.25) is 10.0 Å². The van der Waals surface area contributed by atoms with E-state index in [2.05, 4.69) is 19.2 Å². The predicted octanol–water partition coefficient (Wildman–Crippen LogP) is 8.17. The molecule has 3 aliphatic rings. The fourth-order valence-electron chi connectivity index (χ4n) is 7.47. The minimum Gasteiger partial charge on any atom is -0.358 e. The number of benzene rings is 4. The van der Waals surface area contributed by atoms with Gasteiger partial charge in [0.1, 0.15) is 11.5 Å². The molecular formula is C37H30Cl2N2O3. The van der Waals surface area contributed by atoms with Crippen molar-refractivity contribution in [2.75, 3.05) is 5.32 Å². The fourth-order valence-corrected chi connectivity index (χ4v) is 7.97. The molecule has 0 aliphatic carbocycles. The van der Waals surface area contributed by atoms with Crippen LogP contribution in [0, 0.1) is 11.8 Å². The second kappa shape index (κ2) is 10.8. The maximum absolute atomic E-state index is 15.0. The highest BCUT2D eigenvalue weighted by atomic mass is 35.5. The first-order valence-corrected chi connectivity index (χ1v) is 15.6. The molecule has 1 N–H and O–H groups in total. The third-order valence-corrected chi connectivity index (χ3v) is 9.75. The molecule has 0 aromatic heterocycles. The van der Waals surface area contributed by atoms with E-state index in [9.17, 15) is 9.59 Å². The Labute approximate surface area is 266 Å². The van der Waals surface area contributed by atoms with Crippen LogP contribution in [0.5, 0.6) is 0 Å². The maximum Gasteiger partial charge on any atom is 0.238 e. The van der Waals surface area contributed by atoms with Gasteiger partial charge in [-0.3, -0.25) is 14.4 Å². The summed E-state index contributed by atoms with van der Waals surface area (Å²) >= 11 is 12.8. The van der Waals surface area contributed by atoms with Crippen LogP contribution in [0.3, 0.4) is 0 Å². The molecule has 7 heteroatoms. The first kappa shape index (κ1) is 28.6. The maximum atomic E-state index is 15.0. The first-order chi connectivity index (χ1) is 21.2. The molecule has 4 atom stereocenters. The zero-order chi connectivity index (χ0) is 30.7. The number of carbonyl (C=O) groups is 3. The third-order valence-electron chi connectivity index (χ3n) is 9.20. The Morgan fingerprint density at radius 1 is 0.909 bits per heavy atom. The van der Waals surface area contributed by atoms with Crippen molar-refractivity contribution >= 4 is 52.4 Å². The lowest BCUT2D eigenvalue weighted by Gasteiger charge is -2.38. The topological polar surface area (TPSA) is 66.5 Å². The van der Waals surface area contributed by atoms with Gasteiger partial charge in [-0.05, 0) is 64.9 Å². The van der Waals surface area contributed by atoms with Crippen molar-refractivity contribution in [3.05, 3.63) is 141 Å². The van der Waals surface area contributed by atoms with Crippen LogP contribution in [0.1, 0.15) is 62.9 Å². The Balaban J connectivity index is 1.49. The van der Waals surface area contributed by atoms with E-state index in [0.717, 1.165) is 23.1 Å². The molecule has 1 fully saturated rings. The highest BCUT2D eigenvalue weighted by molar-refractivity contribution is 6.37. The number of nitrogens with one attached hydrogen (secondary N) is 1. The van der Waals surface area contributed by atoms with Crippen molar-refractivity contribution in [3.8, 4) is 0 Å². The van der Waals surface area contributed by atoms with Crippen molar-refractivity contribution in [2.24, 2.45) is 11.8 Å². The number of rotatable bonds is 6. The molecule has 3 heterocycles. The average molecular weight is 622 g/mol. The molecule has 4 aromatic rings. The van der Waals surface area contributed by atoms with E-state index in [-0.39, 0.29) is 28.1 Å². The molecule has 3 aliphatic heterocycles. The molecule has 0 saturated carbocycles. The minimum absolute atomic E-state index is 0.196. The molecule has 220 valence electrons. The number of para-hydroxylation sites is 1. The van der Waals surface area contributed by atoms with Crippen LogP contribution < -0.4 is 5.32 Å². The summed E-state index contributed by atoms with van der Waals surface area (Å²) in [7, 11) is 0. The standard InChI is InChI=1S/C37H30Cl2N2O3/c1-21(2)19-22-11-13-24(14-12-22)33(42)31-32(34(43)27-16-15-25(38)20-29(27)39)41-18-17-23-7-3-4-8-26(23)35(41)37(31)28-9-5-6-10-30(28)40-36(37)44/h3-18,20-21,31-32,35H,19H2,1-2H3,(H,40,44)/t31-,32-,35-,37-/m1/s1. The molecular weight excluding hydrogens is 591 g/mol. The van der Waals surface area contributed by atoms with Gasteiger partial charge in [0.05, 0.1) is 17.0 Å². The lowest BCUT2D eigenvalue weighted by atomic mass is 9.62. The number of amides is 1. The second-order valence-electron chi connectivity index (χ2n) is 12.2. The highest BCUT2D eigenvalue weighted by Gasteiger charge is 2.70. The van der Waals surface area contributed by atoms with Crippen LogP contribution in [-0.4, -0.2) is 28.4 Å². The Morgan fingerprint density at radius 3 is 2.39 bits per heavy atom. The Hall–Kier alpha value is -4.19. The normalized spacial score (nSPS) is 23.0. The van der Waals surface area contributed by atoms with E-state index in [0.29, 0.717) is 27.8 Å². The first-order valence-electron chi connectivity index (χ1n) is 14.8. The Bertz CT molecular complexity index is 1870. The Kier molecular flexibility index (Phi) is 6.99. The summed E-state index contributed by atoms with van der Waals surface area (Å²) in [5, 5.41) is 3.68. The number of Topliss-reactive ketones (excluding diaryl/α,β-unsaturated/α-hetero) is 2. The van der Waals surface area contributed by atoms with Crippen molar-refractivity contribution < 1.29 is 14.4 Å². The van der Waals surface area contributed by atoms with Crippen molar-refractivity contribution in [2.45, 2.75) is 37.8 Å². The van der Waals surface area contributed by atoms with E-state index in [4.69, 9.17) is 23.2 Å². The van der Waals surface area contributed by atoms with Crippen LogP contribution in [0.15, 0.2) is 97.2 Å². The van der Waals surface area contributed by atoms with Gasteiger partial charge < -0.3 is 10.2 Å². The van der Waals surface area contributed by atoms with E-state index in [1.165, 1.54) is 6.07 Å². The highest BCUT2D eigenvalue weighted by Crippen LogP contribution is 2.62. The lowest BCUT2D eigenvalue weighted by Crippen LogP contribution is -2.49. The van der Waals surface area contributed by atoms with Crippen molar-refractivity contribution in [1.29, 1.82) is 0 Å². The zero-order valence-electron chi connectivity index (χ0n) is 24.3. The van der Waals surface area contributed by atoms with Gasteiger partial charge in [-0.15, -0.1) is 0 Å². The summed E-state index contributed by atoms with van der Waals surface area (Å²) in [4.78, 5) is 46.2. The van der Waals surface area contributed by atoms with Gasteiger partial charge in [-0.2, -0.15) is 0 Å². The van der Waals surface area contributed by atoms with Gasteiger partial charge >= 0.3 is 0 Å². The Morgan fingerprint density at radius 2 is 1.64 bits per heavy atom. The van der Waals surface area contributed by atoms with Crippen LogP contribution in [-0.2, 0) is 16.6 Å². The fraction of sp³-hybridized carbons (Fsp3) is 0.216. The van der Waals surface area contributed by atoms with Gasteiger partial charge in [-0.1, -0.05) is 104 Å². The average Bonchev–Trinajstić information content (AvgIpc) is 3.49. The number of anilines is 1. The monoisotopic (exact) mass is 620 g/mol. The molecule has 44 heavy (non-hydrogen) atoms. The zero-order valence-corrected chi connectivity index (χ0v) is 25.8. The summed E-state index contributed by atoms with van der Waals surface area (Å²) in [6.45, 7) is 4.30.